The summed E-state index contributed by atoms with van der Waals surface area (Å²) in [6.07, 6.45) is 1.59. The van der Waals surface area contributed by atoms with Crippen LogP contribution >= 0.6 is 0 Å². The van der Waals surface area contributed by atoms with E-state index in [0.29, 0.717) is 11.5 Å². The summed E-state index contributed by atoms with van der Waals surface area (Å²) >= 11 is 0. The van der Waals surface area contributed by atoms with Gasteiger partial charge < -0.3 is 5.11 Å². The molecule has 1 N–H and O–H groups in total. The first-order chi connectivity index (χ1) is 7.99. The van der Waals surface area contributed by atoms with Gasteiger partial charge in [0.05, 0.1) is 12.1 Å². The minimum atomic E-state index is -0.846. The summed E-state index contributed by atoms with van der Waals surface area (Å²) in [6.45, 7) is 4.12. The second kappa shape index (κ2) is 4.16. The molecule has 2 aromatic heterocycles. The van der Waals surface area contributed by atoms with Crippen molar-refractivity contribution in [2.75, 3.05) is 0 Å². The maximum absolute atomic E-state index is 10.7. The Morgan fingerprint density at radius 2 is 2.24 bits per heavy atom. The second-order valence-corrected chi connectivity index (χ2v) is 4.45. The Morgan fingerprint density at radius 1 is 1.53 bits per heavy atom. The molecule has 0 saturated carbocycles. The lowest BCUT2D eigenvalue weighted by atomic mass is 10.1. The Bertz CT molecular complexity index is 572. The number of nitrogens with zero attached hydrogens (tertiary/aromatic N) is 3. The first-order valence-electron chi connectivity index (χ1n) is 5.52. The number of hydrogen-bond donors (Lipinski definition) is 1. The van der Waals surface area contributed by atoms with Crippen molar-refractivity contribution >= 4 is 17.0 Å². The predicted octanol–water partition coefficient (Wildman–Crippen LogP) is 1.72. The number of carbonyl (C=O) groups is 1. The molecule has 0 atom stereocenters. The van der Waals surface area contributed by atoms with E-state index in [9.17, 15) is 4.79 Å². The van der Waals surface area contributed by atoms with Crippen LogP contribution in [0.4, 0.5) is 0 Å². The molecule has 0 aromatic carbocycles. The molecule has 2 aromatic rings. The van der Waals surface area contributed by atoms with Gasteiger partial charge in [-0.05, 0) is 17.5 Å². The molecule has 0 unspecified atom stereocenters. The molecule has 2 rings (SSSR count). The average molecular weight is 233 g/mol. The van der Waals surface area contributed by atoms with Gasteiger partial charge in [-0.1, -0.05) is 13.8 Å². The summed E-state index contributed by atoms with van der Waals surface area (Å²) in [5, 5.41) is 14.1. The molecular weight excluding hydrogens is 218 g/mol. The molecule has 5 nitrogen and oxygen atoms in total. The molecule has 0 aliphatic heterocycles. The van der Waals surface area contributed by atoms with Crippen molar-refractivity contribution in [3.63, 3.8) is 0 Å². The Labute approximate surface area is 99.1 Å². The van der Waals surface area contributed by atoms with Gasteiger partial charge >= 0.3 is 5.97 Å². The number of fused-ring (bicyclic) bond motifs is 1. The number of aromatic nitrogens is 3. The Kier molecular flexibility index (Phi) is 2.83. The summed E-state index contributed by atoms with van der Waals surface area (Å²) < 4.78 is 1.73. The highest BCUT2D eigenvalue weighted by atomic mass is 16.4. The first kappa shape index (κ1) is 11.6. The van der Waals surface area contributed by atoms with Crippen LogP contribution in [0.15, 0.2) is 12.3 Å². The number of carboxylic acids is 1. The average Bonchev–Trinajstić information content (AvgIpc) is 2.55. The third-order valence-corrected chi connectivity index (χ3v) is 2.67. The molecule has 0 saturated heterocycles. The number of pyridine rings is 1. The Morgan fingerprint density at radius 3 is 2.82 bits per heavy atom. The lowest BCUT2D eigenvalue weighted by Crippen LogP contribution is -2.00. The topological polar surface area (TPSA) is 68.0 Å². The highest BCUT2D eigenvalue weighted by Crippen LogP contribution is 2.23. The quantitative estimate of drug-likeness (QED) is 0.876. The third-order valence-electron chi connectivity index (χ3n) is 2.67. The fourth-order valence-electron chi connectivity index (χ4n) is 1.91. The van der Waals surface area contributed by atoms with Crippen molar-refractivity contribution < 1.29 is 9.90 Å². The van der Waals surface area contributed by atoms with E-state index in [-0.39, 0.29) is 6.42 Å². The molecule has 17 heavy (non-hydrogen) atoms. The Hall–Kier alpha value is -1.91. The molecule has 0 aliphatic carbocycles. The standard InChI is InChI=1S/C12H15N3O2/c1-7(2)11-9-4-8(5-10(16)17)6-13-12(9)15(3)14-11/h4,6-7H,5H2,1-3H3,(H,16,17). The zero-order valence-electron chi connectivity index (χ0n) is 10.1. The summed E-state index contributed by atoms with van der Waals surface area (Å²) in [7, 11) is 1.85. The molecule has 0 radical (unpaired) electrons. The predicted molar refractivity (Wildman–Crippen MR) is 63.9 cm³/mol. The number of hydrogen-bond acceptors (Lipinski definition) is 3. The molecule has 0 amide bonds. The number of rotatable bonds is 3. The van der Waals surface area contributed by atoms with Gasteiger partial charge in [-0.3, -0.25) is 9.48 Å². The second-order valence-electron chi connectivity index (χ2n) is 4.45. The fraction of sp³-hybridized carbons (Fsp3) is 0.417. The fourth-order valence-corrected chi connectivity index (χ4v) is 1.91. The molecule has 90 valence electrons. The van der Waals surface area contributed by atoms with Gasteiger partial charge in [0.15, 0.2) is 5.65 Å². The molecule has 2 heterocycles. The van der Waals surface area contributed by atoms with Crippen molar-refractivity contribution in [3.05, 3.63) is 23.5 Å². The molecular formula is C12H15N3O2. The monoisotopic (exact) mass is 233 g/mol. The van der Waals surface area contributed by atoms with E-state index >= 15 is 0 Å². The highest BCUT2D eigenvalue weighted by Gasteiger charge is 2.13. The smallest absolute Gasteiger partial charge is 0.307 e. The van der Waals surface area contributed by atoms with Crippen LogP contribution in [0, 0.1) is 0 Å². The maximum atomic E-state index is 10.7. The van der Waals surface area contributed by atoms with Gasteiger partial charge in [-0.25, -0.2) is 4.98 Å². The van der Waals surface area contributed by atoms with Crippen molar-refractivity contribution in [1.29, 1.82) is 0 Å². The van der Waals surface area contributed by atoms with Gasteiger partial charge in [0.2, 0.25) is 0 Å². The van der Waals surface area contributed by atoms with Crippen LogP contribution in [0.25, 0.3) is 11.0 Å². The summed E-state index contributed by atoms with van der Waals surface area (Å²) in [5.41, 5.74) is 2.46. The van der Waals surface area contributed by atoms with E-state index in [0.717, 1.165) is 16.7 Å². The van der Waals surface area contributed by atoms with Crippen LogP contribution in [0.3, 0.4) is 0 Å². The van der Waals surface area contributed by atoms with Crippen molar-refractivity contribution in [1.82, 2.24) is 14.8 Å². The lowest BCUT2D eigenvalue weighted by molar-refractivity contribution is -0.136. The SMILES string of the molecule is CC(C)c1nn(C)c2ncc(CC(=O)O)cc12. The van der Waals surface area contributed by atoms with Crippen LogP contribution in [0.5, 0.6) is 0 Å². The third kappa shape index (κ3) is 2.13. The van der Waals surface area contributed by atoms with E-state index in [1.165, 1.54) is 0 Å². The summed E-state index contributed by atoms with van der Waals surface area (Å²) in [6, 6.07) is 1.87. The van der Waals surface area contributed by atoms with Crippen LogP contribution in [-0.2, 0) is 18.3 Å². The van der Waals surface area contributed by atoms with Gasteiger partial charge in [0.1, 0.15) is 0 Å². The zero-order valence-corrected chi connectivity index (χ0v) is 10.1. The molecule has 0 aliphatic rings. The molecule has 0 bridgehead atoms. The van der Waals surface area contributed by atoms with Crippen LogP contribution in [0.1, 0.15) is 31.0 Å². The van der Waals surface area contributed by atoms with Crippen molar-refractivity contribution in [2.24, 2.45) is 7.05 Å². The lowest BCUT2D eigenvalue weighted by Gasteiger charge is -2.01. The number of aryl methyl sites for hydroxylation is 1. The van der Waals surface area contributed by atoms with Crippen molar-refractivity contribution in [2.45, 2.75) is 26.2 Å². The normalized spacial score (nSPS) is 11.3. The summed E-state index contributed by atoms with van der Waals surface area (Å²) in [5.74, 6) is -0.554. The van der Waals surface area contributed by atoms with Gasteiger partial charge in [0.25, 0.3) is 0 Å². The minimum absolute atomic E-state index is 0.00459. The largest absolute Gasteiger partial charge is 0.481 e. The molecule has 5 heteroatoms. The number of aliphatic carboxylic acids is 1. The van der Waals surface area contributed by atoms with E-state index in [1.807, 2.05) is 13.1 Å². The van der Waals surface area contributed by atoms with E-state index in [1.54, 1.807) is 10.9 Å². The highest BCUT2D eigenvalue weighted by molar-refractivity contribution is 5.81. The summed E-state index contributed by atoms with van der Waals surface area (Å²) in [4.78, 5) is 15.0. The van der Waals surface area contributed by atoms with Crippen LogP contribution < -0.4 is 0 Å². The van der Waals surface area contributed by atoms with Gasteiger partial charge in [0, 0.05) is 18.6 Å². The molecule has 0 spiro atoms. The van der Waals surface area contributed by atoms with Gasteiger partial charge in [-0.15, -0.1) is 0 Å². The maximum Gasteiger partial charge on any atom is 0.307 e. The molecule has 0 fully saturated rings. The first-order valence-corrected chi connectivity index (χ1v) is 5.52. The zero-order chi connectivity index (χ0) is 12.6. The van der Waals surface area contributed by atoms with Gasteiger partial charge in [-0.2, -0.15) is 5.10 Å². The van der Waals surface area contributed by atoms with Crippen LogP contribution in [0.2, 0.25) is 0 Å². The van der Waals surface area contributed by atoms with Crippen LogP contribution in [-0.4, -0.2) is 25.8 Å². The van der Waals surface area contributed by atoms with Crippen molar-refractivity contribution in [3.8, 4) is 0 Å². The van der Waals surface area contributed by atoms with E-state index < -0.39 is 5.97 Å². The van der Waals surface area contributed by atoms with E-state index in [4.69, 9.17) is 5.11 Å². The van der Waals surface area contributed by atoms with E-state index in [2.05, 4.69) is 23.9 Å². The minimum Gasteiger partial charge on any atom is -0.481 e. The Balaban J connectivity index is 2.58. The number of carboxylic acid groups (broad SMARTS) is 1.